The summed E-state index contributed by atoms with van der Waals surface area (Å²) in [6.07, 6.45) is 0. The number of likely N-dealkylation sites (tertiary alicyclic amines) is 1. The fraction of sp³-hybridized carbons (Fsp3) is 0.846. The standard InChI is InChI=1S/C13H24N4O2.ClH/c1-13(2,3)16-12(19)15-11(18)8-17-6-9-4-14-5-10(9)7-17;/h9-10,14H,4-8H2,1-3H3,(H2,15,16,18,19);1H/t9-,10+;. The molecule has 0 saturated carbocycles. The maximum Gasteiger partial charge on any atom is 0.321 e. The van der Waals surface area contributed by atoms with Crippen LogP contribution in [0, 0.1) is 11.8 Å². The highest BCUT2D eigenvalue weighted by molar-refractivity contribution is 5.95. The molecule has 7 heteroatoms. The molecule has 3 N–H and O–H groups in total. The number of hydrogen-bond donors (Lipinski definition) is 3. The molecule has 0 spiro atoms. The van der Waals surface area contributed by atoms with E-state index in [1.807, 2.05) is 20.8 Å². The first kappa shape index (κ1) is 17.2. The zero-order chi connectivity index (χ0) is 14.0. The average Bonchev–Trinajstić information content (AvgIpc) is 2.73. The maximum absolute atomic E-state index is 11.8. The summed E-state index contributed by atoms with van der Waals surface area (Å²) in [4.78, 5) is 25.5. The summed E-state index contributed by atoms with van der Waals surface area (Å²) in [6.45, 7) is 9.95. The predicted octanol–water partition coefficient (Wildman–Crippen LogP) is 0.184. The summed E-state index contributed by atoms with van der Waals surface area (Å²) in [5, 5.41) is 8.46. The molecule has 2 aliphatic rings. The van der Waals surface area contributed by atoms with Crippen LogP contribution in [0.4, 0.5) is 4.79 Å². The molecule has 0 aromatic carbocycles. The van der Waals surface area contributed by atoms with Crippen LogP contribution in [0.15, 0.2) is 0 Å². The van der Waals surface area contributed by atoms with E-state index in [-0.39, 0.29) is 23.9 Å². The first-order valence-corrected chi connectivity index (χ1v) is 6.88. The molecule has 116 valence electrons. The third kappa shape index (κ3) is 4.92. The van der Waals surface area contributed by atoms with Crippen molar-refractivity contribution in [3.05, 3.63) is 0 Å². The van der Waals surface area contributed by atoms with Crippen LogP contribution in [0.1, 0.15) is 20.8 Å². The van der Waals surface area contributed by atoms with Gasteiger partial charge in [-0.15, -0.1) is 12.4 Å². The minimum atomic E-state index is -0.418. The van der Waals surface area contributed by atoms with Crippen molar-refractivity contribution in [1.29, 1.82) is 0 Å². The lowest BCUT2D eigenvalue weighted by Crippen LogP contribution is -2.50. The van der Waals surface area contributed by atoms with E-state index >= 15 is 0 Å². The topological polar surface area (TPSA) is 73.5 Å². The van der Waals surface area contributed by atoms with Crippen LogP contribution in [0.5, 0.6) is 0 Å². The number of rotatable bonds is 2. The lowest BCUT2D eigenvalue weighted by molar-refractivity contribution is -0.121. The maximum atomic E-state index is 11.8. The predicted molar refractivity (Wildman–Crippen MR) is 80.0 cm³/mol. The van der Waals surface area contributed by atoms with Crippen LogP contribution in [-0.4, -0.2) is 55.1 Å². The quantitative estimate of drug-likeness (QED) is 0.681. The Balaban J connectivity index is 0.00000200. The Morgan fingerprint density at radius 1 is 1.20 bits per heavy atom. The number of halogens is 1. The molecule has 0 aromatic heterocycles. The fourth-order valence-electron chi connectivity index (χ4n) is 2.82. The molecular formula is C13H25ClN4O2. The number of fused-ring (bicyclic) bond motifs is 1. The molecule has 3 amide bonds. The summed E-state index contributed by atoms with van der Waals surface area (Å²) in [5.74, 6) is 1.10. The molecule has 0 radical (unpaired) electrons. The second kappa shape index (κ2) is 6.74. The van der Waals surface area contributed by atoms with Gasteiger partial charge in [0.25, 0.3) is 0 Å². The highest BCUT2D eigenvalue weighted by Crippen LogP contribution is 2.25. The highest BCUT2D eigenvalue weighted by Gasteiger charge is 2.36. The smallest absolute Gasteiger partial charge is 0.321 e. The Morgan fingerprint density at radius 2 is 1.75 bits per heavy atom. The van der Waals surface area contributed by atoms with Gasteiger partial charge in [-0.3, -0.25) is 15.0 Å². The molecule has 0 unspecified atom stereocenters. The van der Waals surface area contributed by atoms with Crippen LogP contribution >= 0.6 is 12.4 Å². The fourth-order valence-corrected chi connectivity index (χ4v) is 2.82. The van der Waals surface area contributed by atoms with Crippen molar-refractivity contribution in [1.82, 2.24) is 20.9 Å². The van der Waals surface area contributed by atoms with E-state index in [9.17, 15) is 9.59 Å². The number of nitrogens with zero attached hydrogens (tertiary/aromatic N) is 1. The van der Waals surface area contributed by atoms with Crippen LogP contribution in [-0.2, 0) is 4.79 Å². The van der Waals surface area contributed by atoms with Gasteiger partial charge in [0.15, 0.2) is 0 Å². The van der Waals surface area contributed by atoms with Gasteiger partial charge in [-0.1, -0.05) is 0 Å². The minimum Gasteiger partial charge on any atom is -0.333 e. The van der Waals surface area contributed by atoms with Crippen molar-refractivity contribution in [2.24, 2.45) is 11.8 Å². The summed E-state index contributed by atoms with van der Waals surface area (Å²) in [5.41, 5.74) is -0.333. The molecule has 2 fully saturated rings. The largest absolute Gasteiger partial charge is 0.333 e. The summed E-state index contributed by atoms with van der Waals surface area (Å²) >= 11 is 0. The molecule has 0 aliphatic carbocycles. The molecule has 0 aromatic rings. The van der Waals surface area contributed by atoms with E-state index in [0.29, 0.717) is 18.4 Å². The Morgan fingerprint density at radius 3 is 2.25 bits per heavy atom. The number of amides is 3. The van der Waals surface area contributed by atoms with Crippen LogP contribution in [0.25, 0.3) is 0 Å². The molecule has 20 heavy (non-hydrogen) atoms. The van der Waals surface area contributed by atoms with Gasteiger partial charge in [0.05, 0.1) is 6.54 Å². The van der Waals surface area contributed by atoms with E-state index in [1.165, 1.54) is 0 Å². The average molecular weight is 305 g/mol. The van der Waals surface area contributed by atoms with Crippen molar-refractivity contribution in [3.63, 3.8) is 0 Å². The van der Waals surface area contributed by atoms with Crippen LogP contribution in [0.3, 0.4) is 0 Å². The van der Waals surface area contributed by atoms with Crippen molar-refractivity contribution in [2.45, 2.75) is 26.3 Å². The minimum absolute atomic E-state index is 0. The zero-order valence-electron chi connectivity index (χ0n) is 12.4. The Labute approximate surface area is 126 Å². The van der Waals surface area contributed by atoms with Crippen LogP contribution in [0.2, 0.25) is 0 Å². The normalized spacial score (nSPS) is 25.8. The van der Waals surface area contributed by atoms with Gasteiger partial charge in [0.1, 0.15) is 0 Å². The van der Waals surface area contributed by atoms with Gasteiger partial charge in [-0.2, -0.15) is 0 Å². The number of hydrogen-bond acceptors (Lipinski definition) is 4. The molecule has 2 aliphatic heterocycles. The SMILES string of the molecule is CC(C)(C)NC(=O)NC(=O)CN1C[C@H]2CNC[C@H]2C1.Cl. The lowest BCUT2D eigenvalue weighted by Gasteiger charge is -2.21. The van der Waals surface area contributed by atoms with Crippen molar-refractivity contribution >= 4 is 24.3 Å². The number of nitrogens with one attached hydrogen (secondary N) is 3. The zero-order valence-corrected chi connectivity index (χ0v) is 13.2. The van der Waals surface area contributed by atoms with E-state index in [2.05, 4.69) is 20.9 Å². The molecule has 2 rings (SSSR count). The van der Waals surface area contributed by atoms with Gasteiger partial charge in [-0.25, -0.2) is 4.79 Å². The van der Waals surface area contributed by atoms with Crippen molar-refractivity contribution < 1.29 is 9.59 Å². The molecule has 0 bridgehead atoms. The monoisotopic (exact) mass is 304 g/mol. The van der Waals surface area contributed by atoms with Gasteiger partial charge >= 0.3 is 6.03 Å². The van der Waals surface area contributed by atoms with Gasteiger partial charge < -0.3 is 10.6 Å². The Kier molecular flexibility index (Phi) is 5.79. The lowest BCUT2D eigenvalue weighted by atomic mass is 10.0. The third-order valence-electron chi connectivity index (χ3n) is 3.57. The second-order valence-electron chi connectivity index (χ2n) is 6.62. The van der Waals surface area contributed by atoms with E-state index in [4.69, 9.17) is 0 Å². The Hall–Kier alpha value is -0.850. The molecule has 2 heterocycles. The second-order valence-corrected chi connectivity index (χ2v) is 6.62. The third-order valence-corrected chi connectivity index (χ3v) is 3.57. The summed E-state index contributed by atoms with van der Waals surface area (Å²) in [6, 6.07) is -0.418. The summed E-state index contributed by atoms with van der Waals surface area (Å²) < 4.78 is 0. The molecule has 2 saturated heterocycles. The first-order chi connectivity index (χ1) is 8.83. The van der Waals surface area contributed by atoms with Crippen molar-refractivity contribution in [3.8, 4) is 0 Å². The van der Waals surface area contributed by atoms with E-state index in [0.717, 1.165) is 26.2 Å². The summed E-state index contributed by atoms with van der Waals surface area (Å²) in [7, 11) is 0. The van der Waals surface area contributed by atoms with Crippen LogP contribution < -0.4 is 16.0 Å². The molecule has 2 atom stereocenters. The molecular weight excluding hydrogens is 280 g/mol. The van der Waals surface area contributed by atoms with Gasteiger partial charge in [0.2, 0.25) is 5.91 Å². The molecule has 6 nitrogen and oxygen atoms in total. The highest BCUT2D eigenvalue weighted by atomic mass is 35.5. The van der Waals surface area contributed by atoms with E-state index in [1.54, 1.807) is 0 Å². The van der Waals surface area contributed by atoms with E-state index < -0.39 is 6.03 Å². The van der Waals surface area contributed by atoms with Gasteiger partial charge in [0, 0.05) is 18.6 Å². The van der Waals surface area contributed by atoms with Gasteiger partial charge in [-0.05, 0) is 45.7 Å². The number of carbonyl (C=O) groups is 2. The van der Waals surface area contributed by atoms with Crippen molar-refractivity contribution in [2.75, 3.05) is 32.7 Å². The number of urea groups is 1. The number of carbonyl (C=O) groups excluding carboxylic acids is 2. The first-order valence-electron chi connectivity index (χ1n) is 6.88. The Bertz CT molecular complexity index is 358. The number of imide groups is 1.